The number of pyridine rings is 1. The molecule has 30 heavy (non-hydrogen) atoms. The molecule has 0 spiro atoms. The van der Waals surface area contributed by atoms with Crippen LogP contribution < -0.4 is 20.1 Å². The van der Waals surface area contributed by atoms with Crippen molar-refractivity contribution < 1.29 is 19.3 Å². The number of aromatic amines is 1. The Hall–Kier alpha value is -2.82. The number of hydrogen-bond donors (Lipinski definition) is 3. The van der Waals surface area contributed by atoms with Crippen molar-refractivity contribution in [3.8, 4) is 5.75 Å². The lowest BCUT2D eigenvalue weighted by Gasteiger charge is -2.32. The molecule has 0 radical (unpaired) electrons. The topological polar surface area (TPSA) is 104 Å². The van der Waals surface area contributed by atoms with Gasteiger partial charge in [-0.3, -0.25) is 4.79 Å². The third kappa shape index (κ3) is 4.07. The van der Waals surface area contributed by atoms with Crippen LogP contribution in [0.4, 0.5) is 0 Å². The quantitative estimate of drug-likeness (QED) is 0.400. The summed E-state index contributed by atoms with van der Waals surface area (Å²) in [5.74, 6) is 1.44. The van der Waals surface area contributed by atoms with E-state index in [9.17, 15) is 4.79 Å². The number of quaternary nitrogens is 2. The fraction of sp³-hybridized carbons (Fsp3) is 0.500. The maximum atomic E-state index is 13.1. The van der Waals surface area contributed by atoms with E-state index >= 15 is 0 Å². The summed E-state index contributed by atoms with van der Waals surface area (Å²) in [6, 6.07) is 7.33. The van der Waals surface area contributed by atoms with Crippen LogP contribution >= 0.6 is 0 Å². The van der Waals surface area contributed by atoms with Crippen molar-refractivity contribution in [1.29, 1.82) is 0 Å². The predicted octanol–water partition coefficient (Wildman–Crippen LogP) is -2.33. The number of nitrogens with zero attached hydrogens (tertiary/aromatic N) is 4. The van der Waals surface area contributed by atoms with E-state index in [0.717, 1.165) is 42.8 Å². The number of hydrogen-bond acceptors (Lipinski definition) is 6. The normalized spacial score (nSPS) is 20.4. The van der Waals surface area contributed by atoms with Gasteiger partial charge in [-0.25, -0.2) is 4.68 Å². The molecular formula is C20H29N7O3+2. The molecule has 3 N–H and O–H groups in total. The van der Waals surface area contributed by atoms with Crippen LogP contribution in [0.15, 0.2) is 29.1 Å². The van der Waals surface area contributed by atoms with Crippen LogP contribution in [0.2, 0.25) is 0 Å². The van der Waals surface area contributed by atoms with Crippen LogP contribution in [0.3, 0.4) is 0 Å². The summed E-state index contributed by atoms with van der Waals surface area (Å²) in [5.41, 5.74) is 1.33. The molecule has 1 saturated heterocycles. The Bertz CT molecular complexity index is 1060. The summed E-state index contributed by atoms with van der Waals surface area (Å²) in [6.45, 7) is 4.97. The summed E-state index contributed by atoms with van der Waals surface area (Å²) >= 11 is 0. The molecule has 4 rings (SSSR count). The minimum absolute atomic E-state index is 0.113. The van der Waals surface area contributed by atoms with Gasteiger partial charge in [0.25, 0.3) is 5.56 Å². The molecule has 0 amide bonds. The Morgan fingerprint density at radius 3 is 2.73 bits per heavy atom. The van der Waals surface area contributed by atoms with Crippen LogP contribution in [0, 0.1) is 0 Å². The summed E-state index contributed by atoms with van der Waals surface area (Å²) in [5, 5.41) is 13.3. The number of methoxy groups -OCH3 is 2. The standard InChI is InChI=1S/C20H27N7O3/c1-25-6-8-26(9-7-25)18(19-22-23-24-27(19)10-11-29-2)16-13-14-12-15(30-3)4-5-17(14)21-20(16)28/h4-5,12-13,18H,6-11H2,1-3H3,(H,21,28)/p+2/t18-/m1/s1. The van der Waals surface area contributed by atoms with Crippen LogP contribution in [0.5, 0.6) is 5.75 Å². The van der Waals surface area contributed by atoms with E-state index in [1.54, 1.807) is 18.9 Å². The second-order valence-corrected chi connectivity index (χ2v) is 7.81. The maximum Gasteiger partial charge on any atom is 0.258 e. The number of tetrazole rings is 1. The van der Waals surface area contributed by atoms with Gasteiger partial charge in [0.2, 0.25) is 5.82 Å². The van der Waals surface area contributed by atoms with E-state index < -0.39 is 0 Å². The van der Waals surface area contributed by atoms with Gasteiger partial charge in [0.15, 0.2) is 6.04 Å². The van der Waals surface area contributed by atoms with Crippen molar-refractivity contribution in [1.82, 2.24) is 25.2 Å². The highest BCUT2D eigenvalue weighted by Crippen LogP contribution is 2.22. The Morgan fingerprint density at radius 2 is 2.00 bits per heavy atom. The predicted molar refractivity (Wildman–Crippen MR) is 110 cm³/mol. The summed E-state index contributed by atoms with van der Waals surface area (Å²) in [7, 11) is 5.48. The number of rotatable bonds is 7. The summed E-state index contributed by atoms with van der Waals surface area (Å²) in [6.07, 6.45) is 0. The highest BCUT2D eigenvalue weighted by atomic mass is 16.5. The minimum Gasteiger partial charge on any atom is -0.497 e. The van der Waals surface area contributed by atoms with E-state index in [1.807, 2.05) is 24.3 Å². The summed E-state index contributed by atoms with van der Waals surface area (Å²) < 4.78 is 12.3. The lowest BCUT2D eigenvalue weighted by Crippen LogP contribution is -3.27. The van der Waals surface area contributed by atoms with Gasteiger partial charge in [0, 0.05) is 18.0 Å². The largest absolute Gasteiger partial charge is 0.497 e. The van der Waals surface area contributed by atoms with Gasteiger partial charge in [-0.2, -0.15) is 0 Å². The maximum absolute atomic E-state index is 13.1. The smallest absolute Gasteiger partial charge is 0.258 e. The van der Waals surface area contributed by atoms with Crippen LogP contribution in [0.1, 0.15) is 17.4 Å². The molecule has 0 bridgehead atoms. The molecule has 1 atom stereocenters. The molecule has 10 nitrogen and oxygen atoms in total. The van der Waals surface area contributed by atoms with Crippen molar-refractivity contribution in [2.75, 3.05) is 54.1 Å². The van der Waals surface area contributed by atoms with Gasteiger partial charge in [-0.05, 0) is 34.7 Å². The fourth-order valence-electron chi connectivity index (χ4n) is 4.13. The SMILES string of the molecule is COCCn1nnnc1[C@@H](c1cc2cc(OC)ccc2[nH]c1=O)[NH+]1CC[NH+](C)CC1. The first kappa shape index (κ1) is 20.5. The van der Waals surface area contributed by atoms with Gasteiger partial charge in [0.05, 0.1) is 32.9 Å². The second-order valence-electron chi connectivity index (χ2n) is 7.81. The summed E-state index contributed by atoms with van der Waals surface area (Å²) in [4.78, 5) is 19.0. The van der Waals surface area contributed by atoms with Crippen molar-refractivity contribution in [3.63, 3.8) is 0 Å². The number of nitrogens with one attached hydrogen (secondary N) is 3. The molecule has 1 fully saturated rings. The van der Waals surface area contributed by atoms with E-state index in [2.05, 4.69) is 27.6 Å². The molecule has 2 aromatic heterocycles. The van der Waals surface area contributed by atoms with E-state index in [1.165, 1.54) is 9.80 Å². The van der Waals surface area contributed by atoms with Gasteiger partial charge in [-0.15, -0.1) is 5.10 Å². The third-order valence-electron chi connectivity index (χ3n) is 5.87. The molecule has 1 aliphatic rings. The number of benzene rings is 1. The van der Waals surface area contributed by atoms with Crippen molar-refractivity contribution >= 4 is 10.9 Å². The number of aromatic nitrogens is 5. The molecule has 3 aromatic rings. The molecule has 0 aliphatic carbocycles. The molecule has 0 saturated carbocycles. The molecular weight excluding hydrogens is 386 g/mol. The zero-order chi connectivity index (χ0) is 21.1. The second kappa shape index (κ2) is 8.90. The molecule has 1 aliphatic heterocycles. The number of H-pyrrole nitrogens is 1. The average molecular weight is 415 g/mol. The molecule has 3 heterocycles. The fourth-order valence-corrected chi connectivity index (χ4v) is 4.13. The van der Waals surface area contributed by atoms with E-state index in [4.69, 9.17) is 9.47 Å². The van der Waals surface area contributed by atoms with Crippen LogP contribution in [-0.2, 0) is 11.3 Å². The van der Waals surface area contributed by atoms with Crippen molar-refractivity contribution in [2.45, 2.75) is 12.6 Å². The third-order valence-corrected chi connectivity index (χ3v) is 5.87. The molecule has 160 valence electrons. The first-order valence-electron chi connectivity index (χ1n) is 10.2. The van der Waals surface area contributed by atoms with Crippen LogP contribution in [0.25, 0.3) is 10.9 Å². The van der Waals surface area contributed by atoms with Gasteiger partial charge < -0.3 is 24.3 Å². The first-order valence-corrected chi connectivity index (χ1v) is 10.2. The Labute approximate surface area is 174 Å². The first-order chi connectivity index (χ1) is 14.6. The number of ether oxygens (including phenoxy) is 2. The number of piperazine rings is 1. The average Bonchev–Trinajstić information content (AvgIpc) is 3.22. The zero-order valence-corrected chi connectivity index (χ0v) is 17.6. The van der Waals surface area contributed by atoms with Crippen molar-refractivity contribution in [3.05, 3.63) is 46.0 Å². The van der Waals surface area contributed by atoms with Gasteiger partial charge in [0.1, 0.15) is 31.9 Å². The number of fused-ring (bicyclic) bond motifs is 1. The van der Waals surface area contributed by atoms with Gasteiger partial charge >= 0.3 is 0 Å². The van der Waals surface area contributed by atoms with Crippen LogP contribution in [-0.4, -0.2) is 79.2 Å². The molecule has 1 aromatic carbocycles. The minimum atomic E-state index is -0.260. The monoisotopic (exact) mass is 415 g/mol. The zero-order valence-electron chi connectivity index (χ0n) is 17.6. The lowest BCUT2D eigenvalue weighted by molar-refractivity contribution is -1.02. The number of likely N-dealkylation sites (N-methyl/N-ethyl adjacent to an activating group) is 1. The Kier molecular flexibility index (Phi) is 6.07. The van der Waals surface area contributed by atoms with Crippen molar-refractivity contribution in [2.24, 2.45) is 0 Å². The molecule has 0 unspecified atom stereocenters. The van der Waals surface area contributed by atoms with E-state index in [-0.39, 0.29) is 11.6 Å². The van der Waals surface area contributed by atoms with E-state index in [0.29, 0.717) is 24.5 Å². The lowest BCUT2D eigenvalue weighted by atomic mass is 10.0. The Balaban J connectivity index is 1.82. The molecule has 10 heteroatoms. The highest BCUT2D eigenvalue weighted by Gasteiger charge is 2.36. The Morgan fingerprint density at radius 1 is 1.20 bits per heavy atom. The highest BCUT2D eigenvalue weighted by molar-refractivity contribution is 5.80. The van der Waals surface area contributed by atoms with Gasteiger partial charge in [-0.1, -0.05) is 0 Å².